The first-order valence-electron chi connectivity index (χ1n) is 11.1. The summed E-state index contributed by atoms with van der Waals surface area (Å²) in [5.74, 6) is 6.00. The molecule has 0 bridgehead atoms. The largest absolute Gasteiger partial charge is 0.317 e. The summed E-state index contributed by atoms with van der Waals surface area (Å²) in [5.41, 5.74) is 1.29. The molecule has 0 aromatic carbocycles. The van der Waals surface area contributed by atoms with Crippen molar-refractivity contribution in [1.29, 1.82) is 0 Å². The zero-order valence-electron chi connectivity index (χ0n) is 16.9. The summed E-state index contributed by atoms with van der Waals surface area (Å²) < 4.78 is 0. The minimum atomic E-state index is 0.631. The Hall–Kier alpha value is -0.0400. The molecule has 0 aromatic heterocycles. The molecule has 4 aliphatic carbocycles. The fourth-order valence-corrected chi connectivity index (χ4v) is 8.74. The second-order valence-corrected chi connectivity index (χ2v) is 10.9. The molecule has 4 aliphatic rings. The molecule has 4 saturated carbocycles. The predicted octanol–water partition coefficient (Wildman–Crippen LogP) is 5.89. The van der Waals surface area contributed by atoms with Crippen molar-refractivity contribution in [2.45, 2.75) is 91.5 Å². The molecule has 0 heterocycles. The molecule has 24 heavy (non-hydrogen) atoms. The molecule has 138 valence electrons. The van der Waals surface area contributed by atoms with Crippen molar-refractivity contribution in [3.05, 3.63) is 0 Å². The van der Waals surface area contributed by atoms with E-state index in [9.17, 15) is 0 Å². The third-order valence-corrected chi connectivity index (χ3v) is 9.90. The first-order chi connectivity index (χ1) is 11.4. The number of fused-ring (bicyclic) bond motifs is 5. The predicted molar refractivity (Wildman–Crippen MR) is 103 cm³/mol. The van der Waals surface area contributed by atoms with Crippen LogP contribution >= 0.6 is 0 Å². The van der Waals surface area contributed by atoms with E-state index >= 15 is 0 Å². The monoisotopic (exact) mass is 331 g/mol. The van der Waals surface area contributed by atoms with Gasteiger partial charge in [0.15, 0.2) is 0 Å². The molecule has 4 rings (SSSR count). The molecule has 0 amide bonds. The molecule has 0 saturated heterocycles. The highest BCUT2D eigenvalue weighted by molar-refractivity contribution is 5.10. The van der Waals surface area contributed by atoms with Gasteiger partial charge in [-0.25, -0.2) is 0 Å². The lowest BCUT2D eigenvalue weighted by molar-refractivity contribution is -0.117. The summed E-state index contributed by atoms with van der Waals surface area (Å²) in [7, 11) is 2.19. The van der Waals surface area contributed by atoms with Crippen molar-refractivity contribution in [3.63, 3.8) is 0 Å². The van der Waals surface area contributed by atoms with E-state index in [2.05, 4.69) is 40.1 Å². The Labute approximate surface area is 150 Å². The molecule has 1 nitrogen and oxygen atoms in total. The molecule has 0 radical (unpaired) electrons. The van der Waals surface area contributed by atoms with Crippen LogP contribution in [0.1, 0.15) is 85.5 Å². The normalized spacial score (nSPS) is 54.2. The quantitative estimate of drug-likeness (QED) is 0.665. The molecule has 1 heteroatoms. The smallest absolute Gasteiger partial charge is 0.00695 e. The molecule has 0 aliphatic heterocycles. The van der Waals surface area contributed by atoms with E-state index in [0.29, 0.717) is 10.8 Å². The lowest BCUT2D eigenvalue weighted by Gasteiger charge is -2.61. The fraction of sp³-hybridized carbons (Fsp3) is 1.00. The topological polar surface area (TPSA) is 12.0 Å². The van der Waals surface area contributed by atoms with Gasteiger partial charge in [0.1, 0.15) is 0 Å². The van der Waals surface area contributed by atoms with Crippen molar-refractivity contribution in [2.24, 2.45) is 46.3 Å². The van der Waals surface area contributed by atoms with Gasteiger partial charge in [-0.3, -0.25) is 0 Å². The molecule has 1 N–H and O–H groups in total. The van der Waals surface area contributed by atoms with Gasteiger partial charge in [0.05, 0.1) is 0 Å². The zero-order chi connectivity index (χ0) is 17.1. The van der Waals surface area contributed by atoms with Crippen molar-refractivity contribution >= 4 is 0 Å². The van der Waals surface area contributed by atoms with Gasteiger partial charge in [0, 0.05) is 6.04 Å². The second-order valence-electron chi connectivity index (χ2n) is 10.9. The maximum Gasteiger partial charge on any atom is 0.00695 e. The van der Waals surface area contributed by atoms with Gasteiger partial charge in [-0.1, -0.05) is 27.7 Å². The van der Waals surface area contributed by atoms with E-state index in [1.54, 1.807) is 6.42 Å². The molecule has 8 atom stereocenters. The summed E-state index contributed by atoms with van der Waals surface area (Å²) in [6, 6.07) is 0.783. The van der Waals surface area contributed by atoms with Crippen LogP contribution in [0.3, 0.4) is 0 Å². The van der Waals surface area contributed by atoms with Crippen molar-refractivity contribution in [2.75, 3.05) is 7.05 Å². The summed E-state index contributed by atoms with van der Waals surface area (Å²) in [6.45, 7) is 10.4. The Bertz CT molecular complexity index is 471. The highest BCUT2D eigenvalue weighted by Gasteiger charge is 2.60. The van der Waals surface area contributed by atoms with Crippen molar-refractivity contribution < 1.29 is 0 Å². The van der Waals surface area contributed by atoms with E-state index in [0.717, 1.165) is 41.5 Å². The van der Waals surface area contributed by atoms with Gasteiger partial charge < -0.3 is 5.32 Å². The molecule has 0 spiro atoms. The summed E-state index contributed by atoms with van der Waals surface area (Å²) >= 11 is 0. The van der Waals surface area contributed by atoms with Crippen molar-refractivity contribution in [1.82, 2.24) is 5.32 Å². The number of rotatable bonds is 2. The Morgan fingerprint density at radius 2 is 1.54 bits per heavy atom. The Balaban J connectivity index is 1.60. The summed E-state index contributed by atoms with van der Waals surface area (Å²) in [5, 5.41) is 3.63. The average Bonchev–Trinajstić information content (AvgIpc) is 2.91. The standard InChI is InChI=1S/C23H41N/c1-15(2)19-10-11-20-18-9-7-16-6-8-17(24-5)14-23(16,4)21(18)12-13-22(19,20)3/h15-21,24H,6-14H2,1-5H3/t16-,17?,18+,19-,20+,21+,22-,23+/m1/s1. The SMILES string of the molecule is CNC1CC[C@@H]2CC[C@@H]3[C@H](CC[C@]4(C)[C@@H](C(C)C)CC[C@@H]34)[C@@]2(C)C1. The summed E-state index contributed by atoms with van der Waals surface area (Å²) in [6.07, 6.45) is 13.6. The van der Waals surface area contributed by atoms with Crippen LogP contribution in [0.2, 0.25) is 0 Å². The zero-order valence-corrected chi connectivity index (χ0v) is 16.9. The highest BCUT2D eigenvalue weighted by atomic mass is 14.9. The first-order valence-corrected chi connectivity index (χ1v) is 11.1. The van der Waals surface area contributed by atoms with Gasteiger partial charge in [0.2, 0.25) is 0 Å². The molecule has 0 aromatic rings. The van der Waals surface area contributed by atoms with E-state index in [4.69, 9.17) is 0 Å². The van der Waals surface area contributed by atoms with Crippen LogP contribution in [0.25, 0.3) is 0 Å². The van der Waals surface area contributed by atoms with E-state index in [1.165, 1.54) is 51.4 Å². The molecule has 4 fully saturated rings. The Morgan fingerprint density at radius 3 is 2.25 bits per heavy atom. The molecule has 1 unspecified atom stereocenters. The van der Waals surface area contributed by atoms with Gasteiger partial charge in [0.25, 0.3) is 0 Å². The first kappa shape index (κ1) is 17.4. The fourth-order valence-electron chi connectivity index (χ4n) is 8.74. The van der Waals surface area contributed by atoms with Gasteiger partial charge in [-0.15, -0.1) is 0 Å². The van der Waals surface area contributed by atoms with Crippen LogP contribution < -0.4 is 5.32 Å². The van der Waals surface area contributed by atoms with E-state index in [1.807, 2.05) is 0 Å². The Morgan fingerprint density at radius 1 is 0.833 bits per heavy atom. The number of hydrogen-bond acceptors (Lipinski definition) is 1. The van der Waals surface area contributed by atoms with Crippen molar-refractivity contribution in [3.8, 4) is 0 Å². The lowest BCUT2D eigenvalue weighted by Crippen LogP contribution is -2.55. The van der Waals surface area contributed by atoms with Crippen LogP contribution in [0.15, 0.2) is 0 Å². The Kier molecular flexibility index (Phi) is 4.34. The van der Waals surface area contributed by atoms with Gasteiger partial charge >= 0.3 is 0 Å². The minimum absolute atomic E-state index is 0.631. The molecular formula is C23H41N. The number of nitrogens with one attached hydrogen (secondary N) is 1. The number of hydrogen-bond donors (Lipinski definition) is 1. The van der Waals surface area contributed by atoms with Crippen LogP contribution in [0.5, 0.6) is 0 Å². The van der Waals surface area contributed by atoms with Crippen LogP contribution in [-0.4, -0.2) is 13.1 Å². The third-order valence-electron chi connectivity index (χ3n) is 9.90. The van der Waals surface area contributed by atoms with Gasteiger partial charge in [-0.05, 0) is 111 Å². The third kappa shape index (κ3) is 2.36. The van der Waals surface area contributed by atoms with Crippen LogP contribution in [-0.2, 0) is 0 Å². The summed E-state index contributed by atoms with van der Waals surface area (Å²) in [4.78, 5) is 0. The lowest BCUT2D eigenvalue weighted by atomic mass is 9.44. The maximum absolute atomic E-state index is 3.63. The van der Waals surface area contributed by atoms with Crippen LogP contribution in [0, 0.1) is 46.3 Å². The maximum atomic E-state index is 3.63. The van der Waals surface area contributed by atoms with E-state index in [-0.39, 0.29) is 0 Å². The molecular weight excluding hydrogens is 290 g/mol. The van der Waals surface area contributed by atoms with E-state index < -0.39 is 0 Å². The second kappa shape index (κ2) is 6.00. The van der Waals surface area contributed by atoms with Crippen LogP contribution in [0.4, 0.5) is 0 Å². The van der Waals surface area contributed by atoms with Gasteiger partial charge in [-0.2, -0.15) is 0 Å². The minimum Gasteiger partial charge on any atom is -0.317 e. The average molecular weight is 332 g/mol. The highest BCUT2D eigenvalue weighted by Crippen LogP contribution is 2.68.